The standard InChI is InChI=1S/C17H14N2O4S/c1-10-3-8-13(24-10)9-14-15(20)18-19(16(14)21)12-6-4-11(5-7-12)17(22)23-2/h3-9H,1-2H3,(H,18,20). The summed E-state index contributed by atoms with van der Waals surface area (Å²) in [6, 6.07) is 10.0. The molecule has 3 rings (SSSR count). The third-order valence-corrected chi connectivity index (χ3v) is 4.43. The van der Waals surface area contributed by atoms with Crippen molar-refractivity contribution in [1.29, 1.82) is 0 Å². The number of thiophene rings is 1. The molecule has 0 saturated carbocycles. The largest absolute Gasteiger partial charge is 0.465 e. The van der Waals surface area contributed by atoms with Crippen molar-refractivity contribution in [3.05, 3.63) is 57.3 Å². The lowest BCUT2D eigenvalue weighted by molar-refractivity contribution is -0.117. The van der Waals surface area contributed by atoms with Crippen molar-refractivity contribution < 1.29 is 19.1 Å². The summed E-state index contributed by atoms with van der Waals surface area (Å²) in [5, 5.41) is 1.16. The van der Waals surface area contributed by atoms with Gasteiger partial charge in [0, 0.05) is 9.75 Å². The van der Waals surface area contributed by atoms with E-state index in [0.29, 0.717) is 11.3 Å². The van der Waals surface area contributed by atoms with Crippen LogP contribution in [0.4, 0.5) is 5.69 Å². The van der Waals surface area contributed by atoms with Gasteiger partial charge < -0.3 is 4.74 Å². The fourth-order valence-corrected chi connectivity index (χ4v) is 3.10. The molecule has 7 heteroatoms. The first-order valence-electron chi connectivity index (χ1n) is 7.11. The van der Waals surface area contributed by atoms with Crippen LogP contribution in [0.3, 0.4) is 0 Å². The summed E-state index contributed by atoms with van der Waals surface area (Å²) in [7, 11) is 1.30. The number of anilines is 1. The number of hydrazine groups is 1. The first kappa shape index (κ1) is 15.9. The van der Waals surface area contributed by atoms with E-state index in [1.54, 1.807) is 18.2 Å². The number of ether oxygens (including phenoxy) is 1. The maximum absolute atomic E-state index is 12.5. The number of methoxy groups -OCH3 is 1. The molecule has 2 amide bonds. The van der Waals surface area contributed by atoms with Crippen molar-refractivity contribution in [3.63, 3.8) is 0 Å². The Morgan fingerprint density at radius 2 is 1.88 bits per heavy atom. The zero-order chi connectivity index (χ0) is 17.3. The highest BCUT2D eigenvalue weighted by Crippen LogP contribution is 2.24. The number of nitrogens with zero attached hydrogens (tertiary/aromatic N) is 1. The quantitative estimate of drug-likeness (QED) is 0.528. The third kappa shape index (κ3) is 2.93. The molecule has 1 aliphatic heterocycles. The van der Waals surface area contributed by atoms with E-state index in [-0.39, 0.29) is 5.57 Å². The van der Waals surface area contributed by atoms with Gasteiger partial charge in [-0.15, -0.1) is 11.3 Å². The summed E-state index contributed by atoms with van der Waals surface area (Å²) in [6.45, 7) is 1.96. The number of esters is 1. The molecule has 2 heterocycles. The van der Waals surface area contributed by atoms with Crippen LogP contribution in [-0.4, -0.2) is 24.9 Å². The van der Waals surface area contributed by atoms with Gasteiger partial charge in [0.25, 0.3) is 11.8 Å². The summed E-state index contributed by atoms with van der Waals surface area (Å²) >= 11 is 1.50. The average molecular weight is 342 g/mol. The fraction of sp³-hybridized carbons (Fsp3) is 0.118. The molecule has 0 atom stereocenters. The summed E-state index contributed by atoms with van der Waals surface area (Å²) in [4.78, 5) is 38.0. The predicted octanol–water partition coefficient (Wildman–Crippen LogP) is 2.30. The molecule has 0 bridgehead atoms. The molecular formula is C17H14N2O4S. The van der Waals surface area contributed by atoms with E-state index < -0.39 is 17.8 Å². The second kappa shape index (κ2) is 6.29. The molecule has 6 nitrogen and oxygen atoms in total. The molecule has 24 heavy (non-hydrogen) atoms. The zero-order valence-corrected chi connectivity index (χ0v) is 13.8. The van der Waals surface area contributed by atoms with Gasteiger partial charge in [-0.25, -0.2) is 9.80 Å². The Labute approximate surface area is 142 Å². The summed E-state index contributed by atoms with van der Waals surface area (Å²) in [5.41, 5.74) is 3.43. The lowest BCUT2D eigenvalue weighted by atomic mass is 10.2. The topological polar surface area (TPSA) is 75.7 Å². The molecule has 1 aromatic carbocycles. The van der Waals surface area contributed by atoms with Gasteiger partial charge in [-0.1, -0.05) is 0 Å². The van der Waals surface area contributed by atoms with Crippen LogP contribution in [0.25, 0.3) is 6.08 Å². The van der Waals surface area contributed by atoms with E-state index in [1.807, 2.05) is 19.1 Å². The number of hydrogen-bond acceptors (Lipinski definition) is 5. The smallest absolute Gasteiger partial charge is 0.337 e. The van der Waals surface area contributed by atoms with Gasteiger partial charge in [-0.3, -0.25) is 15.0 Å². The number of nitrogens with one attached hydrogen (secondary N) is 1. The molecule has 122 valence electrons. The number of carbonyl (C=O) groups is 3. The van der Waals surface area contributed by atoms with Crippen molar-refractivity contribution >= 4 is 40.9 Å². The van der Waals surface area contributed by atoms with Crippen LogP contribution < -0.4 is 10.4 Å². The van der Waals surface area contributed by atoms with Crippen LogP contribution in [0, 0.1) is 6.92 Å². The molecule has 0 spiro atoms. The highest BCUT2D eigenvalue weighted by molar-refractivity contribution is 7.12. The van der Waals surface area contributed by atoms with Gasteiger partial charge in [0.15, 0.2) is 0 Å². The summed E-state index contributed by atoms with van der Waals surface area (Å²) < 4.78 is 4.63. The van der Waals surface area contributed by atoms with Crippen molar-refractivity contribution in [2.24, 2.45) is 0 Å². The van der Waals surface area contributed by atoms with Gasteiger partial charge in [0.2, 0.25) is 0 Å². The van der Waals surface area contributed by atoms with Gasteiger partial charge in [-0.2, -0.15) is 0 Å². The molecule has 1 saturated heterocycles. The molecule has 1 aromatic heterocycles. The van der Waals surface area contributed by atoms with E-state index in [4.69, 9.17) is 0 Å². The van der Waals surface area contributed by atoms with E-state index in [0.717, 1.165) is 14.8 Å². The molecular weight excluding hydrogens is 328 g/mol. The van der Waals surface area contributed by atoms with Crippen LogP contribution in [-0.2, 0) is 14.3 Å². The molecule has 2 aromatic rings. The molecule has 0 aliphatic carbocycles. The van der Waals surface area contributed by atoms with E-state index in [1.165, 1.54) is 30.6 Å². The normalized spacial score (nSPS) is 15.8. The van der Waals surface area contributed by atoms with Crippen LogP contribution in [0.15, 0.2) is 42.0 Å². The van der Waals surface area contributed by atoms with Crippen LogP contribution in [0.1, 0.15) is 20.1 Å². The fourth-order valence-electron chi connectivity index (χ4n) is 2.28. The Morgan fingerprint density at radius 1 is 1.17 bits per heavy atom. The molecule has 0 unspecified atom stereocenters. The minimum Gasteiger partial charge on any atom is -0.465 e. The number of carbonyl (C=O) groups excluding carboxylic acids is 3. The molecule has 0 radical (unpaired) electrons. The van der Waals surface area contributed by atoms with E-state index >= 15 is 0 Å². The Kier molecular flexibility index (Phi) is 4.18. The van der Waals surface area contributed by atoms with Crippen molar-refractivity contribution in [1.82, 2.24) is 5.43 Å². The number of benzene rings is 1. The monoisotopic (exact) mass is 342 g/mol. The van der Waals surface area contributed by atoms with Crippen LogP contribution >= 0.6 is 11.3 Å². The average Bonchev–Trinajstić information content (AvgIpc) is 3.12. The first-order valence-corrected chi connectivity index (χ1v) is 7.93. The second-order valence-corrected chi connectivity index (χ2v) is 6.45. The Balaban J connectivity index is 1.86. The SMILES string of the molecule is COC(=O)c1ccc(N2NC(=O)C(=Cc3ccc(C)s3)C2=O)cc1. The number of amides is 2. The minimum atomic E-state index is -0.466. The summed E-state index contributed by atoms with van der Waals surface area (Å²) in [5.74, 6) is -1.35. The summed E-state index contributed by atoms with van der Waals surface area (Å²) in [6.07, 6.45) is 1.58. The van der Waals surface area contributed by atoms with Crippen molar-refractivity contribution in [2.45, 2.75) is 6.92 Å². The third-order valence-electron chi connectivity index (χ3n) is 3.49. The van der Waals surface area contributed by atoms with Crippen LogP contribution in [0.5, 0.6) is 0 Å². The Hall–Kier alpha value is -2.93. The lowest BCUT2D eigenvalue weighted by Crippen LogP contribution is -2.35. The highest BCUT2D eigenvalue weighted by atomic mass is 32.1. The molecule has 1 aliphatic rings. The molecule has 1 N–H and O–H groups in total. The van der Waals surface area contributed by atoms with Gasteiger partial charge in [0.1, 0.15) is 5.57 Å². The van der Waals surface area contributed by atoms with Crippen molar-refractivity contribution in [2.75, 3.05) is 12.1 Å². The lowest BCUT2D eigenvalue weighted by Gasteiger charge is -2.14. The Bertz CT molecular complexity index is 852. The predicted molar refractivity (Wildman–Crippen MR) is 90.4 cm³/mol. The van der Waals surface area contributed by atoms with Crippen molar-refractivity contribution in [3.8, 4) is 0 Å². The van der Waals surface area contributed by atoms with Gasteiger partial charge in [-0.05, 0) is 49.4 Å². The van der Waals surface area contributed by atoms with Gasteiger partial charge >= 0.3 is 5.97 Å². The van der Waals surface area contributed by atoms with E-state index in [2.05, 4.69) is 10.2 Å². The second-order valence-electron chi connectivity index (χ2n) is 5.13. The first-order chi connectivity index (χ1) is 11.5. The molecule has 1 fully saturated rings. The number of rotatable bonds is 3. The number of aryl methyl sites for hydroxylation is 1. The van der Waals surface area contributed by atoms with E-state index in [9.17, 15) is 14.4 Å². The van der Waals surface area contributed by atoms with Crippen LogP contribution in [0.2, 0.25) is 0 Å². The maximum atomic E-state index is 12.5. The Morgan fingerprint density at radius 3 is 2.46 bits per heavy atom. The maximum Gasteiger partial charge on any atom is 0.337 e. The minimum absolute atomic E-state index is 0.0777. The highest BCUT2D eigenvalue weighted by Gasteiger charge is 2.34. The number of hydrogen-bond donors (Lipinski definition) is 1. The zero-order valence-electron chi connectivity index (χ0n) is 13.0. The van der Waals surface area contributed by atoms with Gasteiger partial charge in [0.05, 0.1) is 18.4 Å².